The van der Waals surface area contributed by atoms with Crippen LogP contribution in [-0.2, 0) is 0 Å². The van der Waals surface area contributed by atoms with Gasteiger partial charge in [-0.15, -0.1) is 0 Å². The predicted molar refractivity (Wildman–Crippen MR) is 141 cm³/mol. The number of non-ortho nitro benzene ring substituents is 1. The molecule has 1 spiro atoms. The van der Waals surface area contributed by atoms with E-state index >= 15 is 0 Å². The molecule has 8 nitrogen and oxygen atoms in total. The molecule has 0 amide bonds. The van der Waals surface area contributed by atoms with Crippen molar-refractivity contribution in [3.8, 4) is 0 Å². The summed E-state index contributed by atoms with van der Waals surface area (Å²) in [5.41, 5.74) is -0.372. The molecule has 8 heteroatoms. The van der Waals surface area contributed by atoms with Gasteiger partial charge < -0.3 is 0 Å². The lowest BCUT2D eigenvalue weighted by Crippen LogP contribution is -2.57. The van der Waals surface area contributed by atoms with Crippen LogP contribution in [0.3, 0.4) is 0 Å². The van der Waals surface area contributed by atoms with Gasteiger partial charge in [-0.05, 0) is 17.7 Å². The highest BCUT2D eigenvalue weighted by Crippen LogP contribution is 2.51. The van der Waals surface area contributed by atoms with Crippen LogP contribution in [0.4, 0.5) is 11.4 Å². The average Bonchev–Trinajstić information content (AvgIpc) is 3.43. The Morgan fingerprint density at radius 1 is 0.763 bits per heavy atom. The third-order valence-corrected chi connectivity index (χ3v) is 7.05. The minimum atomic E-state index is -1.92. The largest absolute Gasteiger partial charge is 0.291 e. The fourth-order valence-corrected chi connectivity index (χ4v) is 5.34. The lowest BCUT2D eigenvalue weighted by molar-refractivity contribution is -0.384. The number of carbonyl (C=O) groups is 3. The van der Waals surface area contributed by atoms with E-state index in [9.17, 15) is 24.5 Å². The van der Waals surface area contributed by atoms with Crippen LogP contribution < -0.4 is 5.01 Å². The maximum atomic E-state index is 14.3. The van der Waals surface area contributed by atoms with Crippen molar-refractivity contribution < 1.29 is 19.3 Å². The highest BCUT2D eigenvalue weighted by Gasteiger charge is 2.67. The van der Waals surface area contributed by atoms with Crippen molar-refractivity contribution in [3.63, 3.8) is 0 Å². The van der Waals surface area contributed by atoms with Crippen molar-refractivity contribution in [1.82, 2.24) is 0 Å². The number of nitro groups is 1. The number of benzene rings is 4. The van der Waals surface area contributed by atoms with Gasteiger partial charge in [0.2, 0.25) is 11.3 Å². The summed E-state index contributed by atoms with van der Waals surface area (Å²) < 4.78 is 0. The molecule has 184 valence electrons. The van der Waals surface area contributed by atoms with Gasteiger partial charge in [0.15, 0.2) is 11.6 Å². The first-order valence-electron chi connectivity index (χ1n) is 11.9. The zero-order valence-corrected chi connectivity index (χ0v) is 19.9. The molecule has 0 bridgehead atoms. The molecule has 1 aliphatic heterocycles. The molecule has 0 aromatic heterocycles. The van der Waals surface area contributed by atoms with Gasteiger partial charge >= 0.3 is 0 Å². The molecule has 6 rings (SSSR count). The summed E-state index contributed by atoms with van der Waals surface area (Å²) in [7, 11) is 0. The van der Waals surface area contributed by atoms with Crippen LogP contribution >= 0.6 is 0 Å². The highest BCUT2D eigenvalue weighted by atomic mass is 16.6. The fourth-order valence-electron chi connectivity index (χ4n) is 5.34. The van der Waals surface area contributed by atoms with E-state index in [1.165, 1.54) is 29.3 Å². The molecule has 1 aliphatic carbocycles. The average molecular weight is 501 g/mol. The first-order valence-corrected chi connectivity index (χ1v) is 11.9. The monoisotopic (exact) mass is 501 g/mol. The number of fused-ring (bicyclic) bond motifs is 1. The quantitative estimate of drug-likeness (QED) is 0.160. The van der Waals surface area contributed by atoms with Crippen LogP contribution in [0.2, 0.25) is 0 Å². The van der Waals surface area contributed by atoms with Gasteiger partial charge in [-0.1, -0.05) is 84.9 Å². The van der Waals surface area contributed by atoms with Crippen LogP contribution in [0.25, 0.3) is 0 Å². The van der Waals surface area contributed by atoms with Crippen LogP contribution in [0.15, 0.2) is 114 Å². The van der Waals surface area contributed by atoms with Crippen LogP contribution in [0.1, 0.15) is 42.6 Å². The van der Waals surface area contributed by atoms with E-state index in [1.54, 1.807) is 84.9 Å². The second-order valence-electron chi connectivity index (χ2n) is 9.08. The number of anilines is 1. The van der Waals surface area contributed by atoms with E-state index in [4.69, 9.17) is 5.10 Å². The highest BCUT2D eigenvalue weighted by molar-refractivity contribution is 6.52. The van der Waals surface area contributed by atoms with Crippen molar-refractivity contribution in [1.29, 1.82) is 0 Å². The second-order valence-corrected chi connectivity index (χ2v) is 9.08. The summed E-state index contributed by atoms with van der Waals surface area (Å²) in [4.78, 5) is 53.4. The Bertz CT molecular complexity index is 1610. The molecule has 0 fully saturated rings. The van der Waals surface area contributed by atoms with Crippen LogP contribution in [0, 0.1) is 10.1 Å². The third-order valence-electron chi connectivity index (χ3n) is 7.05. The van der Waals surface area contributed by atoms with E-state index < -0.39 is 33.7 Å². The number of hydrogen-bond donors (Lipinski definition) is 0. The van der Waals surface area contributed by atoms with E-state index in [-0.39, 0.29) is 22.5 Å². The molecule has 0 N–H and O–H groups in total. The van der Waals surface area contributed by atoms with E-state index in [1.807, 2.05) is 0 Å². The number of para-hydroxylation sites is 1. The van der Waals surface area contributed by atoms with Crippen molar-refractivity contribution in [2.45, 2.75) is 11.5 Å². The summed E-state index contributed by atoms with van der Waals surface area (Å²) >= 11 is 0. The number of Topliss-reactive ketones (excluding diaryl/α,β-unsaturated/α-hetero) is 3. The molecule has 1 unspecified atom stereocenters. The van der Waals surface area contributed by atoms with E-state index in [0.29, 0.717) is 16.8 Å². The Morgan fingerprint density at radius 2 is 1.29 bits per heavy atom. The topological polar surface area (TPSA) is 110 Å². The smallest absolute Gasteiger partial charge is 0.269 e. The fraction of sp³-hybridized carbons (Fsp3) is 0.0667. The van der Waals surface area contributed by atoms with Crippen molar-refractivity contribution >= 4 is 34.4 Å². The van der Waals surface area contributed by atoms with E-state index in [0.717, 1.165) is 0 Å². The Labute approximate surface area is 217 Å². The van der Waals surface area contributed by atoms with Crippen molar-refractivity contribution in [2.75, 3.05) is 5.01 Å². The van der Waals surface area contributed by atoms with Crippen molar-refractivity contribution in [3.05, 3.63) is 142 Å². The SMILES string of the molecule is O=C(C1=NN(c2ccccc2)C2(C(=O)c3ccccc3C2=O)C1c1ccc([N+](=O)[O-])cc1)c1ccccc1. The second kappa shape index (κ2) is 8.70. The van der Waals surface area contributed by atoms with Gasteiger partial charge in [-0.3, -0.25) is 24.5 Å². The maximum absolute atomic E-state index is 14.3. The van der Waals surface area contributed by atoms with Gasteiger partial charge in [-0.2, -0.15) is 5.10 Å². The molecule has 38 heavy (non-hydrogen) atoms. The van der Waals surface area contributed by atoms with Gasteiger partial charge in [0.1, 0.15) is 5.71 Å². The number of hydrogen-bond acceptors (Lipinski definition) is 7. The summed E-state index contributed by atoms with van der Waals surface area (Å²) in [6.45, 7) is 0. The molecule has 1 heterocycles. The third kappa shape index (κ3) is 3.24. The molecule has 0 saturated heterocycles. The Kier molecular flexibility index (Phi) is 5.31. The number of rotatable bonds is 5. The lowest BCUT2D eigenvalue weighted by atomic mass is 9.72. The minimum Gasteiger partial charge on any atom is -0.291 e. The number of carbonyl (C=O) groups excluding carboxylic acids is 3. The first kappa shape index (κ1) is 23.2. The normalized spacial score (nSPS) is 17.4. The predicted octanol–water partition coefficient (Wildman–Crippen LogP) is 5.26. The molecular formula is C30H19N3O5. The minimum absolute atomic E-state index is 0.00316. The summed E-state index contributed by atoms with van der Waals surface area (Å²) in [5, 5.41) is 17.4. The van der Waals surface area contributed by atoms with Crippen molar-refractivity contribution in [2.24, 2.45) is 5.10 Å². The van der Waals surface area contributed by atoms with Gasteiger partial charge in [0.25, 0.3) is 5.69 Å². The first-order chi connectivity index (χ1) is 18.4. The number of nitro benzene ring substituents is 1. The number of nitrogens with zero attached hydrogens (tertiary/aromatic N) is 3. The lowest BCUT2D eigenvalue weighted by Gasteiger charge is -2.36. The Morgan fingerprint density at radius 3 is 1.84 bits per heavy atom. The van der Waals surface area contributed by atoms with Crippen LogP contribution in [-0.4, -0.2) is 33.5 Å². The molecule has 0 saturated carbocycles. The molecule has 4 aromatic carbocycles. The number of hydrazone groups is 1. The van der Waals surface area contributed by atoms with Gasteiger partial charge in [-0.25, -0.2) is 5.01 Å². The van der Waals surface area contributed by atoms with Gasteiger partial charge in [0, 0.05) is 28.8 Å². The van der Waals surface area contributed by atoms with Gasteiger partial charge in [0.05, 0.1) is 16.5 Å². The maximum Gasteiger partial charge on any atom is 0.269 e. The Balaban J connectivity index is 1.64. The number of ketones is 3. The zero-order chi connectivity index (χ0) is 26.4. The summed E-state index contributed by atoms with van der Waals surface area (Å²) in [5.74, 6) is -2.53. The molecular weight excluding hydrogens is 482 g/mol. The summed E-state index contributed by atoms with van der Waals surface area (Å²) in [6.07, 6.45) is 0. The standard InChI is InChI=1S/C30H19N3O5/c34-27(20-9-3-1-4-10-20)26-25(19-15-17-22(18-16-19)33(37)38)30(32(31-26)21-11-5-2-6-12-21)28(35)23-13-7-8-14-24(23)29(30)36/h1-18,25H. The van der Waals surface area contributed by atoms with Crippen LogP contribution in [0.5, 0.6) is 0 Å². The van der Waals surface area contributed by atoms with E-state index in [2.05, 4.69) is 0 Å². The zero-order valence-electron chi connectivity index (χ0n) is 19.9. The molecule has 4 aromatic rings. The molecule has 2 aliphatic rings. The summed E-state index contributed by atoms with van der Waals surface area (Å²) in [6, 6.07) is 29.4. The Hall–Kier alpha value is -5.24. The molecule has 1 atom stereocenters. The molecule has 0 radical (unpaired) electrons.